The summed E-state index contributed by atoms with van der Waals surface area (Å²) in [5.74, 6) is -1.02. The van der Waals surface area contributed by atoms with Crippen molar-refractivity contribution >= 4 is 22.1 Å². The number of hydrogen-bond acceptors (Lipinski definition) is 10. The van der Waals surface area contributed by atoms with Crippen LogP contribution in [-0.2, 0) is 35.3 Å². The second-order valence-corrected chi connectivity index (χ2v) is 11.2. The highest BCUT2D eigenvalue weighted by Crippen LogP contribution is 2.33. The molecule has 2 aromatic carbocycles. The highest BCUT2D eigenvalue weighted by Gasteiger charge is 2.39. The fraction of sp³-hybridized carbons (Fsp3) is 0.346. The van der Waals surface area contributed by atoms with E-state index in [2.05, 4.69) is 19.8 Å². The maximum Gasteiger partial charge on any atom is 0.511 e. The number of aromatic nitrogens is 2. The van der Waals surface area contributed by atoms with Crippen molar-refractivity contribution in [3.63, 3.8) is 0 Å². The highest BCUT2D eigenvalue weighted by molar-refractivity contribution is 7.90. The first-order valence-corrected chi connectivity index (χ1v) is 14.4. The summed E-state index contributed by atoms with van der Waals surface area (Å²) in [4.78, 5) is 28.3. The van der Waals surface area contributed by atoms with Gasteiger partial charge in [0.05, 0.1) is 34.9 Å². The number of rotatable bonds is 9. The third-order valence-corrected chi connectivity index (χ3v) is 7.78. The van der Waals surface area contributed by atoms with Crippen LogP contribution in [0.25, 0.3) is 16.9 Å². The van der Waals surface area contributed by atoms with Crippen molar-refractivity contribution in [1.82, 2.24) is 19.5 Å². The van der Waals surface area contributed by atoms with Gasteiger partial charge in [0.25, 0.3) is 22.2 Å². The molecule has 44 heavy (non-hydrogen) atoms. The quantitative estimate of drug-likeness (QED) is 0.118. The van der Waals surface area contributed by atoms with Crippen molar-refractivity contribution in [2.24, 2.45) is 5.28 Å². The van der Waals surface area contributed by atoms with E-state index in [1.807, 2.05) is 11.6 Å². The summed E-state index contributed by atoms with van der Waals surface area (Å²) in [5.41, 5.74) is 0.494. The molecule has 4 rings (SSSR count). The fourth-order valence-corrected chi connectivity index (χ4v) is 5.27. The summed E-state index contributed by atoms with van der Waals surface area (Å²) in [7, 11) is -3.40. The number of ether oxygens (including phenoxy) is 2. The molecule has 1 fully saturated rings. The van der Waals surface area contributed by atoms with Gasteiger partial charge >= 0.3 is 12.3 Å². The van der Waals surface area contributed by atoms with E-state index in [-0.39, 0.29) is 34.2 Å². The second-order valence-electron chi connectivity index (χ2n) is 9.55. The Morgan fingerprint density at radius 1 is 1.16 bits per heavy atom. The number of sulfonamides is 1. The molecule has 0 saturated carbocycles. The standard InChI is InChI=1S/C26H27F3N6O8S/c1-16-6-8-18(9-7-16)22-15-23(26(27,28)29)30-34(22)19-10-12-20(13-11-19)44(39,40)31-24(36)21-5-4-14-33(21)35(38)32-43-17(2)42-25(37)41-3/h6-13,15,17,21H,4-5,14H2,1-3H3,(H,31,36)/b35-32+/t17?,21-/m0/s1. The van der Waals surface area contributed by atoms with Crippen LogP contribution < -0.4 is 4.72 Å². The Morgan fingerprint density at radius 2 is 1.82 bits per heavy atom. The van der Waals surface area contributed by atoms with E-state index in [1.165, 1.54) is 19.1 Å². The van der Waals surface area contributed by atoms with E-state index in [1.54, 1.807) is 24.3 Å². The minimum Gasteiger partial charge on any atom is -0.569 e. The summed E-state index contributed by atoms with van der Waals surface area (Å²) in [6, 6.07) is 11.1. The molecule has 0 radical (unpaired) electrons. The molecule has 1 saturated heterocycles. The number of alkyl halides is 3. The van der Waals surface area contributed by atoms with Crippen molar-refractivity contribution in [2.45, 2.75) is 50.1 Å². The first-order chi connectivity index (χ1) is 20.7. The lowest BCUT2D eigenvalue weighted by molar-refractivity contribution is -0.713. The van der Waals surface area contributed by atoms with E-state index in [0.29, 0.717) is 12.0 Å². The molecule has 2 atom stereocenters. The Labute approximate surface area is 249 Å². The molecule has 1 N–H and O–H groups in total. The Hall–Kier alpha value is -4.87. The number of halogens is 3. The monoisotopic (exact) mass is 640 g/mol. The first-order valence-electron chi connectivity index (χ1n) is 13.0. The number of amides is 1. The SMILES string of the molecule is COC(=O)OC(C)O/N=[N+](/[O-])N1CCC[C@H]1C(=O)NS(=O)(=O)c1ccc(-n2nc(C(F)(F)F)cc2-c2ccc(C)cc2)cc1. The molecular formula is C26H27F3N6O8S. The largest absolute Gasteiger partial charge is 0.569 e. The van der Waals surface area contributed by atoms with Crippen molar-refractivity contribution in [3.05, 3.63) is 71.1 Å². The normalized spacial score (nSPS) is 16.4. The zero-order valence-electron chi connectivity index (χ0n) is 23.5. The van der Waals surface area contributed by atoms with Gasteiger partial charge in [0.1, 0.15) is 0 Å². The summed E-state index contributed by atoms with van der Waals surface area (Å²) in [5, 5.41) is 20.3. The number of nitrogens with zero attached hydrogens (tertiary/aromatic N) is 5. The molecule has 236 valence electrons. The number of nitrogens with one attached hydrogen (secondary N) is 1. The van der Waals surface area contributed by atoms with Crippen LogP contribution in [0.15, 0.2) is 64.8 Å². The number of hydrazine groups is 1. The van der Waals surface area contributed by atoms with Gasteiger partial charge in [-0.05, 0) is 50.1 Å². The highest BCUT2D eigenvalue weighted by atomic mass is 32.2. The van der Waals surface area contributed by atoms with Crippen molar-refractivity contribution in [3.8, 4) is 16.9 Å². The predicted molar refractivity (Wildman–Crippen MR) is 144 cm³/mol. The average Bonchev–Trinajstić information content (AvgIpc) is 3.65. The Morgan fingerprint density at radius 3 is 2.43 bits per heavy atom. The molecule has 1 amide bonds. The van der Waals surface area contributed by atoms with Crippen LogP contribution in [-0.4, -0.2) is 66.2 Å². The molecule has 0 bridgehead atoms. The number of hydrogen-bond donors (Lipinski definition) is 1. The van der Waals surface area contributed by atoms with Crippen LogP contribution in [0.5, 0.6) is 0 Å². The molecule has 1 aromatic heterocycles. The molecule has 3 aromatic rings. The topological polar surface area (TPSA) is 167 Å². The number of benzene rings is 2. The maximum absolute atomic E-state index is 13.5. The number of methoxy groups -OCH3 is 1. The van der Waals surface area contributed by atoms with E-state index in [4.69, 9.17) is 4.84 Å². The zero-order valence-corrected chi connectivity index (χ0v) is 24.3. The Balaban J connectivity index is 1.51. The van der Waals surface area contributed by atoms with Crippen molar-refractivity contribution < 1.29 is 50.5 Å². The van der Waals surface area contributed by atoms with Gasteiger partial charge in [-0.3, -0.25) is 9.63 Å². The fourth-order valence-electron chi connectivity index (χ4n) is 4.25. The van der Waals surface area contributed by atoms with Crippen molar-refractivity contribution in [1.29, 1.82) is 0 Å². The van der Waals surface area contributed by atoms with Crippen molar-refractivity contribution in [2.75, 3.05) is 13.7 Å². The lowest BCUT2D eigenvalue weighted by atomic mass is 10.1. The smallest absolute Gasteiger partial charge is 0.511 e. The molecule has 1 aliphatic rings. The van der Waals surface area contributed by atoms with Gasteiger partial charge < -0.3 is 14.7 Å². The van der Waals surface area contributed by atoms with Gasteiger partial charge in [0.15, 0.2) is 11.7 Å². The van der Waals surface area contributed by atoms with E-state index in [9.17, 15) is 36.4 Å². The van der Waals surface area contributed by atoms with Gasteiger partial charge in [-0.2, -0.15) is 18.3 Å². The van der Waals surface area contributed by atoms with Crippen LogP contribution in [0, 0.1) is 12.1 Å². The van der Waals surface area contributed by atoms with Crippen LogP contribution >= 0.6 is 0 Å². The average molecular weight is 641 g/mol. The Bertz CT molecular complexity index is 1640. The minimum atomic E-state index is -4.72. The summed E-state index contributed by atoms with van der Waals surface area (Å²) in [6.07, 6.45) is -6.63. The first kappa shape index (κ1) is 32.1. The molecule has 0 aliphatic carbocycles. The number of carbonyl (C=O) groups excluding carboxylic acids is 2. The summed E-state index contributed by atoms with van der Waals surface area (Å²) < 4.78 is 78.4. The Kier molecular flexibility index (Phi) is 9.31. The van der Waals surface area contributed by atoms with E-state index < -0.39 is 46.3 Å². The molecule has 18 heteroatoms. The van der Waals surface area contributed by atoms with E-state index in [0.717, 1.165) is 40.6 Å². The summed E-state index contributed by atoms with van der Waals surface area (Å²) in [6.45, 7) is 3.13. The molecular weight excluding hydrogens is 613 g/mol. The molecule has 2 heterocycles. The van der Waals surface area contributed by atoms with Gasteiger partial charge in [-0.1, -0.05) is 29.8 Å². The van der Waals surface area contributed by atoms with Gasteiger partial charge in [0.2, 0.25) is 5.28 Å². The van der Waals surface area contributed by atoms with Crippen LogP contribution in [0.1, 0.15) is 31.0 Å². The summed E-state index contributed by atoms with van der Waals surface area (Å²) >= 11 is 0. The van der Waals surface area contributed by atoms with Crippen LogP contribution in [0.2, 0.25) is 0 Å². The lowest BCUT2D eigenvalue weighted by Gasteiger charge is -2.20. The lowest BCUT2D eigenvalue weighted by Crippen LogP contribution is -2.47. The minimum absolute atomic E-state index is 0.0442. The number of carbonyl (C=O) groups is 2. The number of aryl methyl sites for hydroxylation is 1. The van der Waals surface area contributed by atoms with E-state index >= 15 is 0 Å². The molecule has 1 aliphatic heterocycles. The second kappa shape index (κ2) is 12.8. The maximum atomic E-state index is 13.5. The van der Waals surface area contributed by atoms with Crippen LogP contribution in [0.4, 0.5) is 18.0 Å². The molecule has 14 nitrogen and oxygen atoms in total. The molecule has 1 unspecified atom stereocenters. The van der Waals surface area contributed by atoms with Gasteiger partial charge in [0, 0.05) is 12.5 Å². The third kappa shape index (κ3) is 7.36. The predicted octanol–water partition coefficient (Wildman–Crippen LogP) is 4.07. The zero-order chi connectivity index (χ0) is 32.2. The van der Waals surface area contributed by atoms with Gasteiger partial charge in [-0.15, -0.1) is 5.01 Å². The molecule has 0 spiro atoms. The van der Waals surface area contributed by atoms with Gasteiger partial charge in [-0.25, -0.2) is 22.6 Å². The third-order valence-electron chi connectivity index (χ3n) is 6.41. The van der Waals surface area contributed by atoms with Crippen LogP contribution in [0.3, 0.4) is 0 Å².